The zero-order valence-electron chi connectivity index (χ0n) is 9.82. The van der Waals surface area contributed by atoms with E-state index in [1.54, 1.807) is 6.07 Å². The lowest BCUT2D eigenvalue weighted by Crippen LogP contribution is -2.01. The lowest BCUT2D eigenvalue weighted by Gasteiger charge is -2.06. The van der Waals surface area contributed by atoms with Crippen LogP contribution in [0.5, 0.6) is 0 Å². The van der Waals surface area contributed by atoms with Crippen LogP contribution in [0.15, 0.2) is 24.3 Å². The molecular formula is C13H14FN3S. The van der Waals surface area contributed by atoms with Crippen molar-refractivity contribution in [3.05, 3.63) is 41.2 Å². The summed E-state index contributed by atoms with van der Waals surface area (Å²) in [4.78, 5) is 0. The van der Waals surface area contributed by atoms with E-state index in [-0.39, 0.29) is 5.82 Å². The summed E-state index contributed by atoms with van der Waals surface area (Å²) >= 11 is 1.39. The molecule has 0 amide bonds. The Morgan fingerprint density at radius 3 is 3.00 bits per heavy atom. The van der Waals surface area contributed by atoms with Gasteiger partial charge in [-0.15, -0.1) is 0 Å². The van der Waals surface area contributed by atoms with Crippen molar-refractivity contribution in [2.75, 3.05) is 11.1 Å². The monoisotopic (exact) mass is 263 g/mol. The molecule has 94 valence electrons. The summed E-state index contributed by atoms with van der Waals surface area (Å²) in [6, 6.07) is 6.60. The van der Waals surface area contributed by atoms with E-state index < -0.39 is 0 Å². The van der Waals surface area contributed by atoms with Crippen LogP contribution in [0, 0.1) is 5.82 Å². The third kappa shape index (κ3) is 2.31. The second-order valence-electron chi connectivity index (χ2n) is 4.57. The number of hydrogen-bond donors (Lipinski definition) is 2. The topological polar surface area (TPSA) is 50.9 Å². The fourth-order valence-corrected chi connectivity index (χ4v) is 2.83. The van der Waals surface area contributed by atoms with Crippen molar-refractivity contribution in [3.63, 3.8) is 0 Å². The smallest absolute Gasteiger partial charge is 0.142 e. The van der Waals surface area contributed by atoms with Crippen molar-refractivity contribution in [2.24, 2.45) is 0 Å². The average molecular weight is 263 g/mol. The molecule has 0 atom stereocenters. The van der Waals surface area contributed by atoms with Gasteiger partial charge >= 0.3 is 0 Å². The Hall–Kier alpha value is -1.62. The van der Waals surface area contributed by atoms with Gasteiger partial charge in [0.05, 0.1) is 0 Å². The molecule has 18 heavy (non-hydrogen) atoms. The van der Waals surface area contributed by atoms with Crippen molar-refractivity contribution in [1.29, 1.82) is 0 Å². The van der Waals surface area contributed by atoms with Gasteiger partial charge in [-0.1, -0.05) is 12.1 Å². The van der Waals surface area contributed by atoms with Crippen LogP contribution in [0.1, 0.15) is 29.9 Å². The van der Waals surface area contributed by atoms with Gasteiger partial charge in [-0.3, -0.25) is 0 Å². The van der Waals surface area contributed by atoms with Crippen LogP contribution in [0.4, 0.5) is 15.2 Å². The van der Waals surface area contributed by atoms with Crippen molar-refractivity contribution in [1.82, 2.24) is 4.37 Å². The van der Waals surface area contributed by atoms with Gasteiger partial charge < -0.3 is 11.1 Å². The number of anilines is 2. The molecule has 0 spiro atoms. The Labute approximate surface area is 109 Å². The number of nitrogens with zero attached hydrogens (tertiary/aromatic N) is 1. The molecule has 3 N–H and O–H groups in total. The minimum atomic E-state index is -0.208. The van der Waals surface area contributed by atoms with Crippen molar-refractivity contribution in [2.45, 2.75) is 25.3 Å². The Morgan fingerprint density at radius 1 is 1.44 bits per heavy atom. The number of nitrogens with one attached hydrogen (secondary N) is 1. The number of nitrogens with two attached hydrogens (primary N) is 1. The fraction of sp³-hybridized carbons (Fsp3) is 0.308. The summed E-state index contributed by atoms with van der Waals surface area (Å²) < 4.78 is 17.2. The normalized spacial score (nSPS) is 14.7. The summed E-state index contributed by atoms with van der Waals surface area (Å²) in [5.41, 5.74) is 7.94. The van der Waals surface area contributed by atoms with Gasteiger partial charge in [0.25, 0.3) is 0 Å². The van der Waals surface area contributed by atoms with Crippen molar-refractivity contribution < 1.29 is 4.39 Å². The maximum Gasteiger partial charge on any atom is 0.142 e. The Morgan fingerprint density at radius 2 is 2.28 bits per heavy atom. The van der Waals surface area contributed by atoms with E-state index in [1.165, 1.54) is 36.5 Å². The van der Waals surface area contributed by atoms with Crippen LogP contribution >= 0.6 is 11.5 Å². The number of halogens is 1. The van der Waals surface area contributed by atoms with Gasteiger partial charge in [-0.2, -0.15) is 4.37 Å². The van der Waals surface area contributed by atoms with Crippen LogP contribution in [0.2, 0.25) is 0 Å². The van der Waals surface area contributed by atoms with E-state index in [2.05, 4.69) is 9.69 Å². The molecule has 1 fully saturated rings. The molecule has 3 nitrogen and oxygen atoms in total. The largest absolute Gasteiger partial charge is 0.383 e. The van der Waals surface area contributed by atoms with Crippen molar-refractivity contribution >= 4 is 22.4 Å². The molecule has 1 aromatic heterocycles. The van der Waals surface area contributed by atoms with Gasteiger partial charge in [-0.05, 0) is 48.0 Å². The molecule has 0 radical (unpaired) electrons. The number of aromatic nitrogens is 1. The number of hydrogen-bond acceptors (Lipinski definition) is 4. The summed E-state index contributed by atoms with van der Waals surface area (Å²) in [5, 5.41) is 4.34. The first-order valence-corrected chi connectivity index (χ1v) is 6.75. The first-order valence-electron chi connectivity index (χ1n) is 5.97. The zero-order chi connectivity index (χ0) is 12.5. The summed E-state index contributed by atoms with van der Waals surface area (Å²) in [6.07, 6.45) is 2.38. The van der Waals surface area contributed by atoms with E-state index in [9.17, 15) is 4.39 Å². The minimum absolute atomic E-state index is 0.208. The number of benzene rings is 1. The summed E-state index contributed by atoms with van der Waals surface area (Å²) in [7, 11) is 0. The second-order valence-corrected chi connectivity index (χ2v) is 5.34. The van der Waals surface area contributed by atoms with Gasteiger partial charge in [0.2, 0.25) is 0 Å². The highest BCUT2D eigenvalue weighted by Gasteiger charge is 2.30. The lowest BCUT2D eigenvalue weighted by atomic mass is 10.2. The molecule has 1 aromatic carbocycles. The van der Waals surface area contributed by atoms with Gasteiger partial charge in [0.1, 0.15) is 16.6 Å². The Balaban J connectivity index is 1.73. The van der Waals surface area contributed by atoms with Gasteiger partial charge in [0, 0.05) is 12.1 Å². The molecule has 0 aliphatic heterocycles. The Kier molecular flexibility index (Phi) is 2.91. The SMILES string of the molecule is Nc1nsc(NCc2cccc(F)c2)c1C1CC1. The van der Waals surface area contributed by atoms with Crippen molar-refractivity contribution in [3.8, 4) is 0 Å². The molecule has 1 aliphatic carbocycles. The van der Waals surface area contributed by atoms with Crippen LogP contribution in [0.25, 0.3) is 0 Å². The lowest BCUT2D eigenvalue weighted by molar-refractivity contribution is 0.626. The van der Waals surface area contributed by atoms with Crippen LogP contribution in [-0.4, -0.2) is 4.37 Å². The van der Waals surface area contributed by atoms with Gasteiger partial charge in [-0.25, -0.2) is 4.39 Å². The van der Waals surface area contributed by atoms with E-state index in [1.807, 2.05) is 6.07 Å². The molecule has 0 unspecified atom stereocenters. The van der Waals surface area contributed by atoms with E-state index in [0.717, 1.165) is 16.1 Å². The van der Waals surface area contributed by atoms with Gasteiger partial charge in [0.15, 0.2) is 0 Å². The maximum atomic E-state index is 13.1. The van der Waals surface area contributed by atoms with Crippen LogP contribution in [0.3, 0.4) is 0 Å². The van der Waals surface area contributed by atoms with E-state index in [0.29, 0.717) is 18.3 Å². The number of nitrogen functional groups attached to an aromatic ring is 1. The minimum Gasteiger partial charge on any atom is -0.383 e. The predicted molar refractivity (Wildman–Crippen MR) is 72.2 cm³/mol. The highest BCUT2D eigenvalue weighted by atomic mass is 32.1. The highest BCUT2D eigenvalue weighted by Crippen LogP contribution is 2.47. The van der Waals surface area contributed by atoms with Crippen LogP contribution < -0.4 is 11.1 Å². The molecular weight excluding hydrogens is 249 g/mol. The fourth-order valence-electron chi connectivity index (χ4n) is 2.03. The molecule has 0 saturated heterocycles. The summed E-state index contributed by atoms with van der Waals surface area (Å²) in [6.45, 7) is 0.596. The zero-order valence-corrected chi connectivity index (χ0v) is 10.6. The third-order valence-corrected chi connectivity index (χ3v) is 3.92. The molecule has 3 rings (SSSR count). The van der Waals surface area contributed by atoms with E-state index in [4.69, 9.17) is 5.73 Å². The summed E-state index contributed by atoms with van der Waals surface area (Å²) in [5.74, 6) is 1.00. The number of rotatable bonds is 4. The molecule has 1 saturated carbocycles. The third-order valence-electron chi connectivity index (χ3n) is 3.08. The average Bonchev–Trinajstić information content (AvgIpc) is 3.11. The van der Waals surface area contributed by atoms with E-state index >= 15 is 0 Å². The predicted octanol–water partition coefficient (Wildman–Crippen LogP) is 3.35. The first kappa shape index (κ1) is 11.5. The first-order chi connectivity index (χ1) is 8.74. The maximum absolute atomic E-state index is 13.1. The standard InChI is InChI=1S/C13H14FN3S/c14-10-3-1-2-8(6-10)7-16-13-11(9-4-5-9)12(15)17-18-13/h1-3,6,9,16H,4-5,7H2,(H2,15,17). The van der Waals surface area contributed by atoms with Crippen LogP contribution in [-0.2, 0) is 6.54 Å². The Bertz CT molecular complexity index is 563. The molecule has 2 aromatic rings. The highest BCUT2D eigenvalue weighted by molar-refractivity contribution is 7.10. The quantitative estimate of drug-likeness (QED) is 0.889. The molecule has 1 heterocycles. The molecule has 0 bridgehead atoms. The molecule has 5 heteroatoms. The second kappa shape index (κ2) is 4.57. The molecule has 1 aliphatic rings.